The summed E-state index contributed by atoms with van der Waals surface area (Å²) in [6.45, 7) is 0. The number of rotatable bonds is 6. The zero-order chi connectivity index (χ0) is 34.0. The van der Waals surface area contributed by atoms with Gasteiger partial charge in [0.1, 0.15) is 5.69 Å². The second-order valence-corrected chi connectivity index (χ2v) is 11.0. The smallest absolute Gasteiger partial charge is 0.327 e. The molecular formula is C30H16Br2F8N2O4. The minimum absolute atomic E-state index is 0.00541. The molecule has 1 N–H and O–H groups in total. The maximum Gasteiger partial charge on any atom is 0.435 e. The Balaban J connectivity index is 1.72. The third-order valence-electron chi connectivity index (χ3n) is 6.29. The van der Waals surface area contributed by atoms with E-state index in [0.29, 0.717) is 5.06 Å². The van der Waals surface area contributed by atoms with E-state index >= 15 is 4.39 Å². The molecule has 0 bridgehead atoms. The molecule has 2 amide bonds. The lowest BCUT2D eigenvalue weighted by molar-refractivity contribution is -0.348. The van der Waals surface area contributed by atoms with Crippen LogP contribution in [0.25, 0.3) is 0 Å². The van der Waals surface area contributed by atoms with Crippen LogP contribution in [0.4, 0.5) is 46.5 Å². The number of hydroxylamine groups is 1. The van der Waals surface area contributed by atoms with Gasteiger partial charge in [-0.3, -0.25) is 9.59 Å². The van der Waals surface area contributed by atoms with Crippen LogP contribution in [0, 0.1) is 5.82 Å². The fourth-order valence-electron chi connectivity index (χ4n) is 4.02. The van der Waals surface area contributed by atoms with Crippen LogP contribution in [0.3, 0.4) is 0 Å². The topological polar surface area (TPSA) is 75.7 Å². The number of hydrogen-bond acceptors (Lipinski definition) is 4. The monoisotopic (exact) mass is 778 g/mol. The first-order valence-corrected chi connectivity index (χ1v) is 14.1. The average molecular weight is 780 g/mol. The lowest BCUT2D eigenvalue weighted by Crippen LogP contribution is -2.50. The molecule has 0 aromatic heterocycles. The summed E-state index contributed by atoms with van der Waals surface area (Å²) in [5.74, 6) is -4.76. The van der Waals surface area contributed by atoms with Gasteiger partial charge in [-0.2, -0.15) is 26.3 Å². The Morgan fingerprint density at radius 2 is 1.20 bits per heavy atom. The molecule has 0 aliphatic heterocycles. The van der Waals surface area contributed by atoms with Crippen molar-refractivity contribution >= 4 is 61.0 Å². The zero-order valence-corrected chi connectivity index (χ0v) is 25.7. The molecule has 0 atom stereocenters. The third-order valence-corrected chi connectivity index (χ3v) is 7.54. The van der Waals surface area contributed by atoms with Crippen molar-refractivity contribution in [3.8, 4) is 0 Å². The summed E-state index contributed by atoms with van der Waals surface area (Å²) in [7, 11) is 0. The first-order valence-electron chi connectivity index (χ1n) is 12.6. The Kier molecular flexibility index (Phi) is 9.92. The maximum absolute atomic E-state index is 15.9. The van der Waals surface area contributed by atoms with Crippen LogP contribution in [0.2, 0.25) is 0 Å². The highest BCUT2D eigenvalue weighted by Gasteiger charge is 2.73. The van der Waals surface area contributed by atoms with Crippen molar-refractivity contribution in [2.75, 3.05) is 10.4 Å². The first-order chi connectivity index (χ1) is 21.5. The van der Waals surface area contributed by atoms with E-state index in [-0.39, 0.29) is 23.3 Å². The quantitative estimate of drug-likeness (QED) is 0.156. The van der Waals surface area contributed by atoms with Gasteiger partial charge in [0.15, 0.2) is 5.82 Å². The zero-order valence-electron chi connectivity index (χ0n) is 22.5. The van der Waals surface area contributed by atoms with Gasteiger partial charge in [0.2, 0.25) is 0 Å². The fourth-order valence-corrected chi connectivity index (χ4v) is 5.40. The summed E-state index contributed by atoms with van der Waals surface area (Å²) < 4.78 is 109. The molecule has 0 saturated carbocycles. The highest BCUT2D eigenvalue weighted by molar-refractivity contribution is 9.11. The van der Waals surface area contributed by atoms with Gasteiger partial charge in [-0.1, -0.05) is 42.5 Å². The van der Waals surface area contributed by atoms with E-state index in [0.717, 1.165) is 18.2 Å². The van der Waals surface area contributed by atoms with Crippen molar-refractivity contribution in [2.45, 2.75) is 18.0 Å². The number of carbonyl (C=O) groups is 3. The number of amides is 2. The predicted octanol–water partition coefficient (Wildman–Crippen LogP) is 9.31. The van der Waals surface area contributed by atoms with E-state index in [1.807, 2.05) is 0 Å². The number of carbonyl (C=O) groups excluding carboxylic acids is 3. The molecule has 0 spiro atoms. The summed E-state index contributed by atoms with van der Waals surface area (Å²) >= 11 is 5.45. The number of benzene rings is 4. The molecule has 4 rings (SSSR count). The molecule has 0 aliphatic carbocycles. The van der Waals surface area contributed by atoms with Crippen molar-refractivity contribution in [2.24, 2.45) is 0 Å². The minimum atomic E-state index is -6.40. The van der Waals surface area contributed by atoms with Gasteiger partial charge < -0.3 is 10.2 Å². The number of halogens is 10. The molecular weight excluding hydrogens is 764 g/mol. The first kappa shape index (κ1) is 34.6. The van der Waals surface area contributed by atoms with Gasteiger partial charge in [-0.15, -0.1) is 5.06 Å². The molecule has 240 valence electrons. The second kappa shape index (κ2) is 13.2. The molecule has 0 fully saturated rings. The molecule has 16 heteroatoms. The molecule has 6 nitrogen and oxygen atoms in total. The Morgan fingerprint density at radius 3 is 1.70 bits per heavy atom. The number of hydrogen-bond donors (Lipinski definition) is 1. The number of nitrogens with one attached hydrogen (secondary N) is 1. The number of anilines is 2. The highest BCUT2D eigenvalue weighted by atomic mass is 79.9. The van der Waals surface area contributed by atoms with Crippen LogP contribution < -0.4 is 10.4 Å². The number of nitrogens with zero attached hydrogens (tertiary/aromatic N) is 1. The SMILES string of the molecule is O=C(ON(C(=O)c1ccccc1)c1cccc(C(=O)Nc2c(Br)cc(C(F)(C(F)(F)F)C(F)(F)F)cc2Br)c1F)c1ccccc1. The van der Waals surface area contributed by atoms with Crippen LogP contribution in [0.1, 0.15) is 36.6 Å². The van der Waals surface area contributed by atoms with Crippen LogP contribution in [-0.4, -0.2) is 30.1 Å². The molecule has 0 radical (unpaired) electrons. The van der Waals surface area contributed by atoms with Crippen LogP contribution in [0.5, 0.6) is 0 Å². The van der Waals surface area contributed by atoms with E-state index in [2.05, 4.69) is 37.2 Å². The second-order valence-electron chi connectivity index (χ2n) is 9.27. The van der Waals surface area contributed by atoms with E-state index in [1.165, 1.54) is 48.5 Å². The third kappa shape index (κ3) is 6.77. The van der Waals surface area contributed by atoms with Crippen LogP contribution in [-0.2, 0) is 10.5 Å². The van der Waals surface area contributed by atoms with Crippen molar-refractivity contribution < 1.29 is 54.3 Å². The van der Waals surface area contributed by atoms with Gasteiger partial charge in [0, 0.05) is 20.1 Å². The predicted molar refractivity (Wildman–Crippen MR) is 156 cm³/mol. The molecule has 0 unspecified atom stereocenters. The Labute approximate surface area is 271 Å². The Bertz CT molecular complexity index is 1750. The van der Waals surface area contributed by atoms with E-state index in [9.17, 15) is 45.1 Å². The molecule has 0 aliphatic rings. The fraction of sp³-hybridized carbons (Fsp3) is 0.100. The normalized spacial score (nSPS) is 12.0. The van der Waals surface area contributed by atoms with Crippen LogP contribution >= 0.6 is 31.9 Å². The molecule has 0 saturated heterocycles. The van der Waals surface area contributed by atoms with Crippen molar-refractivity contribution in [1.29, 1.82) is 0 Å². The van der Waals surface area contributed by atoms with Crippen LogP contribution in [0.15, 0.2) is 99.9 Å². The van der Waals surface area contributed by atoms with Gasteiger partial charge in [-0.25, -0.2) is 13.6 Å². The van der Waals surface area contributed by atoms with Crippen molar-refractivity contribution in [1.82, 2.24) is 0 Å². The Hall–Kier alpha value is -4.31. The van der Waals surface area contributed by atoms with Gasteiger partial charge >= 0.3 is 24.0 Å². The average Bonchev–Trinajstić information content (AvgIpc) is 3.00. The standard InChI is InChI=1S/C30H16Br2F8N2O4/c31-20-14-18(28(34,29(35,36)37)30(38,39)40)15-21(32)24(20)41-25(43)19-12-7-13-22(23(19)33)42(26(44)16-8-3-1-4-9-16)46-27(45)17-10-5-2-6-11-17/h1-15H,(H,41,43). The largest absolute Gasteiger partial charge is 0.435 e. The van der Waals surface area contributed by atoms with Crippen molar-refractivity contribution in [3.63, 3.8) is 0 Å². The summed E-state index contributed by atoms with van der Waals surface area (Å²) in [6, 6.07) is 18.0. The minimum Gasteiger partial charge on any atom is -0.327 e. The summed E-state index contributed by atoms with van der Waals surface area (Å²) in [4.78, 5) is 44.6. The summed E-state index contributed by atoms with van der Waals surface area (Å²) in [6.07, 6.45) is -12.8. The molecule has 4 aromatic carbocycles. The van der Waals surface area contributed by atoms with Crippen molar-refractivity contribution in [3.05, 3.63) is 128 Å². The lowest BCUT2D eigenvalue weighted by atomic mass is 9.94. The summed E-state index contributed by atoms with van der Waals surface area (Å²) in [5.41, 5.74) is -9.63. The molecule has 4 aromatic rings. The summed E-state index contributed by atoms with van der Waals surface area (Å²) in [5, 5.41) is 2.44. The van der Waals surface area contributed by atoms with Gasteiger partial charge in [0.25, 0.3) is 11.8 Å². The van der Waals surface area contributed by atoms with E-state index < -0.39 is 73.1 Å². The number of alkyl halides is 7. The molecule has 0 heterocycles. The maximum atomic E-state index is 15.9. The van der Waals surface area contributed by atoms with E-state index in [4.69, 9.17) is 4.84 Å². The Morgan fingerprint density at radius 1 is 0.696 bits per heavy atom. The van der Waals surface area contributed by atoms with Gasteiger partial charge in [-0.05, 0) is 80.4 Å². The van der Waals surface area contributed by atoms with Gasteiger partial charge in [0.05, 0.1) is 16.8 Å². The highest BCUT2D eigenvalue weighted by Crippen LogP contribution is 2.54. The lowest BCUT2D eigenvalue weighted by Gasteiger charge is -2.31. The molecule has 46 heavy (non-hydrogen) atoms. The van der Waals surface area contributed by atoms with E-state index in [1.54, 1.807) is 12.1 Å².